The zero-order chi connectivity index (χ0) is 51.8. The first-order valence-electron chi connectivity index (χ1n) is 24.4. The second kappa shape index (κ2) is 22.0. The van der Waals surface area contributed by atoms with Gasteiger partial charge < -0.3 is 53.9 Å². The van der Waals surface area contributed by atoms with Crippen molar-refractivity contribution in [1.29, 1.82) is 0 Å². The van der Waals surface area contributed by atoms with Gasteiger partial charge in [0, 0.05) is 69.2 Å². The smallest absolute Gasteiger partial charge is 0.417 e. The fourth-order valence-electron chi connectivity index (χ4n) is 11.3. The van der Waals surface area contributed by atoms with Crippen LogP contribution in [-0.4, -0.2) is 163 Å². The van der Waals surface area contributed by atoms with E-state index in [0.29, 0.717) is 44.1 Å². The van der Waals surface area contributed by atoms with Crippen LogP contribution >= 0.6 is 0 Å². The molecule has 1 aromatic carbocycles. The van der Waals surface area contributed by atoms with E-state index >= 15 is 0 Å². The molecule has 5 rings (SSSR count). The first-order chi connectivity index (χ1) is 31.9. The van der Waals surface area contributed by atoms with E-state index in [1.165, 1.54) is 18.7 Å². The third-order valence-corrected chi connectivity index (χ3v) is 16.0. The van der Waals surface area contributed by atoms with Crippen molar-refractivity contribution in [2.45, 2.75) is 205 Å². The van der Waals surface area contributed by atoms with Crippen LogP contribution in [-0.2, 0) is 47.6 Å². The largest absolute Gasteiger partial charge is 0.459 e. The van der Waals surface area contributed by atoms with Crippen LogP contribution in [0.3, 0.4) is 0 Å². The SMILES string of the molecule is CC[C@H]1OC(=O)[C@H](C)[C@@H](C2C[C@@](C)(OC)[C@](C)(O)[C@H](C)O2)[C@H](C)[C@@H](O[C@H]2C[C@@H](N(C)CCc3cn(Cc4c#cc(F)cc4C(F)(F)F)nn3)C[C@@H](C)O2)[C@](C)(O)C[C@@H](C)CN(C)[C@H](C)[C@@H](O)[C@]1(C)O. The molecule has 69 heavy (non-hydrogen) atoms. The first kappa shape index (κ1) is 56.9. The predicted octanol–water partition coefficient (Wildman–Crippen LogP) is 5.60. The summed E-state index contributed by atoms with van der Waals surface area (Å²) in [4.78, 5) is 18.7. The number of likely N-dealkylation sites (N-methyl/N-ethyl adjacent to an activating group) is 2. The van der Waals surface area contributed by atoms with Crippen LogP contribution in [0.5, 0.6) is 0 Å². The molecular formula is C50H79F4N5O10. The lowest BCUT2D eigenvalue weighted by Gasteiger charge is -2.55. The third kappa shape index (κ3) is 12.8. The van der Waals surface area contributed by atoms with Crippen molar-refractivity contribution in [1.82, 2.24) is 24.8 Å². The number of esters is 1. The van der Waals surface area contributed by atoms with Gasteiger partial charge in [-0.25, -0.2) is 4.68 Å². The molecule has 19 heteroatoms. The Balaban J connectivity index is 1.45. The number of aliphatic hydroxyl groups is 4. The van der Waals surface area contributed by atoms with Gasteiger partial charge in [-0.3, -0.25) is 4.79 Å². The monoisotopic (exact) mass is 986 g/mol. The highest BCUT2D eigenvalue weighted by Crippen LogP contribution is 2.47. The normalized spacial score (nSPS) is 40.4. The molecule has 392 valence electrons. The van der Waals surface area contributed by atoms with Crippen LogP contribution in [0.25, 0.3) is 0 Å². The summed E-state index contributed by atoms with van der Waals surface area (Å²) >= 11 is 0. The summed E-state index contributed by atoms with van der Waals surface area (Å²) in [6.07, 6.45) is -7.09. The molecule has 3 aliphatic heterocycles. The molecule has 3 aliphatic rings. The number of aliphatic hydroxyl groups excluding tert-OH is 1. The highest BCUT2D eigenvalue weighted by atomic mass is 19.4. The van der Waals surface area contributed by atoms with E-state index in [9.17, 15) is 42.8 Å². The van der Waals surface area contributed by atoms with Crippen molar-refractivity contribution in [3.05, 3.63) is 47.0 Å². The summed E-state index contributed by atoms with van der Waals surface area (Å²) < 4.78 is 88.4. The molecule has 3 fully saturated rings. The third-order valence-electron chi connectivity index (χ3n) is 16.0. The van der Waals surface area contributed by atoms with Gasteiger partial charge in [-0.15, -0.1) is 5.10 Å². The Labute approximate surface area is 406 Å². The minimum absolute atomic E-state index is 0.0777. The highest BCUT2D eigenvalue weighted by molar-refractivity contribution is 5.73. The fourth-order valence-corrected chi connectivity index (χ4v) is 11.3. The van der Waals surface area contributed by atoms with Crippen LogP contribution in [0.1, 0.15) is 125 Å². The lowest BCUT2D eigenvalue weighted by atomic mass is 9.66. The van der Waals surface area contributed by atoms with Crippen LogP contribution in [0.2, 0.25) is 0 Å². The summed E-state index contributed by atoms with van der Waals surface area (Å²) in [5, 5.41) is 56.4. The number of alkyl halides is 3. The highest BCUT2D eigenvalue weighted by Gasteiger charge is 2.58. The molecule has 4 heterocycles. The Kier molecular flexibility index (Phi) is 18.1. The molecule has 0 aliphatic carbocycles. The van der Waals surface area contributed by atoms with Crippen molar-refractivity contribution in [2.24, 2.45) is 23.7 Å². The van der Waals surface area contributed by atoms with E-state index in [1.54, 1.807) is 47.7 Å². The number of methoxy groups -OCH3 is 1. The van der Waals surface area contributed by atoms with Gasteiger partial charge in [0.05, 0.1) is 59.3 Å². The maximum absolute atomic E-state index is 14.6. The minimum atomic E-state index is -4.79. The lowest BCUT2D eigenvalue weighted by Crippen LogP contribution is -2.66. The van der Waals surface area contributed by atoms with Crippen LogP contribution in [0.4, 0.5) is 17.6 Å². The van der Waals surface area contributed by atoms with E-state index in [-0.39, 0.29) is 49.4 Å². The van der Waals surface area contributed by atoms with Crippen molar-refractivity contribution in [3.63, 3.8) is 0 Å². The summed E-state index contributed by atoms with van der Waals surface area (Å²) in [5.74, 6) is -4.24. The van der Waals surface area contributed by atoms with Crippen molar-refractivity contribution < 1.29 is 66.5 Å². The summed E-state index contributed by atoms with van der Waals surface area (Å²) in [7, 11) is 5.32. The molecule has 0 spiro atoms. The molecule has 0 amide bonds. The van der Waals surface area contributed by atoms with E-state index in [4.69, 9.17) is 23.7 Å². The number of ether oxygens (including phenoxy) is 5. The molecule has 1 aromatic heterocycles. The number of rotatable bonds is 11. The topological polar surface area (TPSA) is 181 Å². The molecule has 0 radical (unpaired) electrons. The minimum Gasteiger partial charge on any atom is -0.459 e. The second-order valence-corrected chi connectivity index (χ2v) is 21.5. The molecule has 0 bridgehead atoms. The Hall–Kier alpha value is -3.03. The summed E-state index contributed by atoms with van der Waals surface area (Å²) in [5.41, 5.74) is -6.83. The Morgan fingerprint density at radius 3 is 2.30 bits per heavy atom. The van der Waals surface area contributed by atoms with E-state index in [0.717, 1.165) is 0 Å². The molecule has 17 atom stereocenters. The Morgan fingerprint density at radius 2 is 1.68 bits per heavy atom. The van der Waals surface area contributed by atoms with Gasteiger partial charge in [-0.1, -0.05) is 39.0 Å². The van der Waals surface area contributed by atoms with E-state index in [1.807, 2.05) is 46.7 Å². The second-order valence-electron chi connectivity index (χ2n) is 21.5. The van der Waals surface area contributed by atoms with Gasteiger partial charge in [-0.2, -0.15) is 17.6 Å². The quantitative estimate of drug-likeness (QED) is 0.161. The molecular weight excluding hydrogens is 907 g/mol. The number of nitrogens with zero attached hydrogens (tertiary/aromatic N) is 5. The molecule has 15 nitrogen and oxygen atoms in total. The zero-order valence-corrected chi connectivity index (χ0v) is 43.0. The number of hydrogen-bond acceptors (Lipinski definition) is 14. The van der Waals surface area contributed by atoms with Crippen LogP contribution < -0.4 is 0 Å². The number of carbonyl (C=O) groups excluding carboxylic acids is 1. The molecule has 0 saturated carbocycles. The molecule has 4 N–H and O–H groups in total. The lowest BCUT2D eigenvalue weighted by molar-refractivity contribution is -0.290. The Bertz CT molecular complexity index is 2010. The maximum atomic E-state index is 14.6. The first-order valence-corrected chi connectivity index (χ1v) is 24.4. The van der Waals surface area contributed by atoms with Gasteiger partial charge in [0.1, 0.15) is 23.4 Å². The number of hydrogen-bond donors (Lipinski definition) is 4. The van der Waals surface area contributed by atoms with E-state index in [2.05, 4.69) is 27.3 Å². The summed E-state index contributed by atoms with van der Waals surface area (Å²) in [6.45, 7) is 20.2. The average molecular weight is 986 g/mol. The van der Waals surface area contributed by atoms with E-state index < -0.39 is 107 Å². The maximum Gasteiger partial charge on any atom is 0.417 e. The number of cyclic esters (lactones) is 1. The number of carbonyl (C=O) groups is 1. The van der Waals surface area contributed by atoms with Crippen LogP contribution in [0.15, 0.2) is 12.3 Å². The molecule has 1 unspecified atom stereocenters. The number of aromatic nitrogens is 3. The Morgan fingerprint density at radius 1 is 1.01 bits per heavy atom. The van der Waals surface area contributed by atoms with Gasteiger partial charge in [0.2, 0.25) is 0 Å². The molecule has 2 aromatic rings. The van der Waals surface area contributed by atoms with Crippen molar-refractivity contribution >= 4 is 5.97 Å². The van der Waals surface area contributed by atoms with Gasteiger partial charge in [0.25, 0.3) is 0 Å². The summed E-state index contributed by atoms with van der Waals surface area (Å²) in [6, 6.07) is 4.08. The predicted molar refractivity (Wildman–Crippen MR) is 247 cm³/mol. The van der Waals surface area contributed by atoms with Crippen molar-refractivity contribution in [3.8, 4) is 0 Å². The van der Waals surface area contributed by atoms with Crippen molar-refractivity contribution in [2.75, 3.05) is 34.3 Å². The van der Waals surface area contributed by atoms with Gasteiger partial charge in [0.15, 0.2) is 12.1 Å². The zero-order valence-electron chi connectivity index (χ0n) is 43.0. The average Bonchev–Trinajstić information content (AvgIpc) is 3.71. The molecule has 3 saturated heterocycles. The van der Waals surface area contributed by atoms with Crippen LogP contribution in [0, 0.1) is 41.6 Å². The fraction of sp³-hybridized carbons (Fsp3) is 0.820. The van der Waals surface area contributed by atoms with Gasteiger partial charge in [-0.05, 0) is 106 Å². The van der Waals surface area contributed by atoms with Gasteiger partial charge >= 0.3 is 12.1 Å². The number of halogens is 4. The standard InChI is InChI=1S/C50H79F4N5O10/c1-15-40-48(10,63)43(60)32(6)58(13)25-28(2)23-46(8,62)44(30(4)42(31(5)45(61)68-40)39-24-47(9,65-14)49(11,64)33(7)67-39)69-41-22-37(20-29(3)66-41)57(12)19-18-36-27-59(56-55-36)26-34-16-17-35(51)21-38(34)50(52,53)54/h21,27-33,37,39-44,60,62-64H,15,18-20,22-26H2,1-14H3/t28-,29-,30+,31-,32-,33+,37+,39?,40-,41+,42+,43-,44-,46-,47-,48-,49-/m1/s1.